The van der Waals surface area contributed by atoms with E-state index in [0.29, 0.717) is 0 Å². The highest BCUT2D eigenvalue weighted by Crippen LogP contribution is 2.31. The molecule has 0 saturated heterocycles. The molecule has 24 heavy (non-hydrogen) atoms. The molecule has 2 aromatic carbocycles. The second kappa shape index (κ2) is 7.14. The minimum absolute atomic E-state index is 0.181. The summed E-state index contributed by atoms with van der Waals surface area (Å²) in [5, 5.41) is 0. The molecule has 4 heteroatoms. The molecule has 0 bridgehead atoms. The number of thiophene rings is 1. The molecule has 0 amide bonds. The Balaban J connectivity index is 1.76. The van der Waals surface area contributed by atoms with E-state index in [-0.39, 0.29) is 5.75 Å². The van der Waals surface area contributed by atoms with Gasteiger partial charge in [0.15, 0.2) is 0 Å². The zero-order valence-corrected chi connectivity index (χ0v) is 14.4. The maximum atomic E-state index is 12.2. The number of rotatable bonds is 5. The predicted molar refractivity (Wildman–Crippen MR) is 95.1 cm³/mol. The molecule has 3 aromatic rings. The van der Waals surface area contributed by atoms with E-state index >= 15 is 0 Å². The van der Waals surface area contributed by atoms with Crippen LogP contribution in [0.1, 0.15) is 21.6 Å². The number of aryl methyl sites for hydroxylation is 2. The topological polar surface area (TPSA) is 9.23 Å². The lowest BCUT2D eigenvalue weighted by Gasteiger charge is -2.06. The number of ether oxygens (including phenoxy) is 1. The molecule has 0 spiro atoms. The highest BCUT2D eigenvalue weighted by atomic mass is 32.1. The molecule has 0 atom stereocenters. The third-order valence-corrected chi connectivity index (χ3v) is 5.03. The third-order valence-electron chi connectivity index (χ3n) is 3.89. The van der Waals surface area contributed by atoms with Gasteiger partial charge >= 0.3 is 6.61 Å². The van der Waals surface area contributed by atoms with Crippen LogP contribution in [-0.4, -0.2) is 6.61 Å². The summed E-state index contributed by atoms with van der Waals surface area (Å²) in [5.74, 6) is 0.181. The molecule has 0 fully saturated rings. The Morgan fingerprint density at radius 3 is 2.42 bits per heavy atom. The number of hydrogen-bond acceptors (Lipinski definition) is 2. The van der Waals surface area contributed by atoms with E-state index in [2.05, 4.69) is 48.9 Å². The highest BCUT2D eigenvalue weighted by molar-refractivity contribution is 7.15. The van der Waals surface area contributed by atoms with Crippen molar-refractivity contribution in [2.24, 2.45) is 0 Å². The summed E-state index contributed by atoms with van der Waals surface area (Å²) in [7, 11) is 0. The largest absolute Gasteiger partial charge is 0.435 e. The van der Waals surface area contributed by atoms with Crippen molar-refractivity contribution in [2.45, 2.75) is 26.9 Å². The van der Waals surface area contributed by atoms with E-state index in [9.17, 15) is 8.78 Å². The Bertz CT molecular complexity index is 822. The lowest BCUT2D eigenvalue weighted by molar-refractivity contribution is -0.0498. The van der Waals surface area contributed by atoms with Crippen LogP contribution < -0.4 is 4.74 Å². The molecular formula is C20H18F2OS. The molecule has 0 aliphatic heterocycles. The van der Waals surface area contributed by atoms with Gasteiger partial charge in [-0.05, 0) is 66.9 Å². The van der Waals surface area contributed by atoms with E-state index in [0.717, 1.165) is 16.9 Å². The Hall–Kier alpha value is -2.20. The van der Waals surface area contributed by atoms with Crippen molar-refractivity contribution in [3.63, 3.8) is 0 Å². The van der Waals surface area contributed by atoms with E-state index in [1.165, 1.54) is 21.6 Å². The molecule has 1 nitrogen and oxygen atoms in total. The molecule has 124 valence electrons. The van der Waals surface area contributed by atoms with Gasteiger partial charge in [0, 0.05) is 16.2 Å². The Morgan fingerprint density at radius 1 is 0.958 bits per heavy atom. The molecule has 1 heterocycles. The summed E-state index contributed by atoms with van der Waals surface area (Å²) in [6.07, 6.45) is 0.907. The first-order valence-electron chi connectivity index (χ1n) is 7.71. The molecule has 0 radical (unpaired) electrons. The zero-order chi connectivity index (χ0) is 17.1. The van der Waals surface area contributed by atoms with Crippen molar-refractivity contribution in [3.05, 3.63) is 76.2 Å². The van der Waals surface area contributed by atoms with Crippen LogP contribution in [0.15, 0.2) is 54.6 Å². The molecule has 0 unspecified atom stereocenters. The van der Waals surface area contributed by atoms with E-state index < -0.39 is 6.61 Å². The van der Waals surface area contributed by atoms with Gasteiger partial charge in [-0.2, -0.15) is 8.78 Å². The van der Waals surface area contributed by atoms with Crippen molar-refractivity contribution in [2.75, 3.05) is 0 Å². The molecule has 3 rings (SSSR count). The quantitative estimate of drug-likeness (QED) is 0.533. The summed E-state index contributed by atoms with van der Waals surface area (Å²) in [6, 6.07) is 17.5. The fourth-order valence-electron chi connectivity index (χ4n) is 2.61. The van der Waals surface area contributed by atoms with Gasteiger partial charge in [-0.15, -0.1) is 11.3 Å². The van der Waals surface area contributed by atoms with Crippen molar-refractivity contribution in [1.82, 2.24) is 0 Å². The molecular weight excluding hydrogens is 326 g/mol. The van der Waals surface area contributed by atoms with Crippen LogP contribution in [-0.2, 0) is 6.42 Å². The minimum Gasteiger partial charge on any atom is -0.435 e. The lowest BCUT2D eigenvalue weighted by Crippen LogP contribution is -2.01. The Kier molecular flexibility index (Phi) is 4.95. The lowest BCUT2D eigenvalue weighted by atomic mass is 10.0. The second-order valence-corrected chi connectivity index (χ2v) is 6.94. The van der Waals surface area contributed by atoms with Gasteiger partial charge in [0.2, 0.25) is 0 Å². The summed E-state index contributed by atoms with van der Waals surface area (Å²) in [4.78, 5) is 2.41. The van der Waals surface area contributed by atoms with Crippen molar-refractivity contribution < 1.29 is 13.5 Å². The Morgan fingerprint density at radius 2 is 1.71 bits per heavy atom. The predicted octanol–water partition coefficient (Wildman–Crippen LogP) is 6.22. The van der Waals surface area contributed by atoms with Crippen molar-refractivity contribution >= 4 is 11.3 Å². The average Bonchev–Trinajstić information content (AvgIpc) is 3.00. The average molecular weight is 344 g/mol. The normalized spacial score (nSPS) is 11.0. The second-order valence-electron chi connectivity index (χ2n) is 5.78. The molecule has 0 saturated carbocycles. The highest BCUT2D eigenvalue weighted by Gasteiger charge is 2.08. The van der Waals surface area contributed by atoms with E-state index in [1.54, 1.807) is 23.5 Å². The van der Waals surface area contributed by atoms with Gasteiger partial charge in [-0.1, -0.05) is 23.8 Å². The van der Waals surface area contributed by atoms with Crippen LogP contribution in [0.25, 0.3) is 10.4 Å². The first-order valence-corrected chi connectivity index (χ1v) is 8.53. The molecule has 1 aromatic heterocycles. The Labute approximate surface area is 144 Å². The zero-order valence-electron chi connectivity index (χ0n) is 13.6. The summed E-state index contributed by atoms with van der Waals surface area (Å²) < 4.78 is 28.8. The third kappa shape index (κ3) is 4.01. The number of benzene rings is 2. The maximum Gasteiger partial charge on any atom is 0.387 e. The summed E-state index contributed by atoms with van der Waals surface area (Å²) >= 11 is 1.73. The summed E-state index contributed by atoms with van der Waals surface area (Å²) in [5.41, 5.74) is 4.91. The van der Waals surface area contributed by atoms with Gasteiger partial charge in [-0.3, -0.25) is 0 Å². The van der Waals surface area contributed by atoms with Gasteiger partial charge in [0.05, 0.1) is 0 Å². The van der Waals surface area contributed by atoms with Gasteiger partial charge < -0.3 is 4.74 Å². The van der Waals surface area contributed by atoms with Crippen LogP contribution in [0.5, 0.6) is 5.75 Å². The van der Waals surface area contributed by atoms with Crippen LogP contribution in [0, 0.1) is 13.8 Å². The maximum absolute atomic E-state index is 12.2. The monoisotopic (exact) mass is 344 g/mol. The SMILES string of the molecule is Cc1ccc(C)c(Cc2ccc(-c3ccc(OC(F)F)cc3)s2)c1. The standard InChI is InChI=1S/C20H18F2OS/c1-13-3-4-14(2)16(11-13)12-18-9-10-19(24-18)15-5-7-17(8-6-15)23-20(21)22/h3-11,20H,12H2,1-2H3. The minimum atomic E-state index is -2.79. The van der Waals surface area contributed by atoms with Crippen LogP contribution >= 0.6 is 11.3 Å². The fourth-order valence-corrected chi connectivity index (χ4v) is 3.64. The van der Waals surface area contributed by atoms with Crippen LogP contribution in [0.4, 0.5) is 8.78 Å². The van der Waals surface area contributed by atoms with Crippen molar-refractivity contribution in [3.8, 4) is 16.2 Å². The van der Waals surface area contributed by atoms with Crippen LogP contribution in [0.2, 0.25) is 0 Å². The number of alkyl halides is 2. The smallest absolute Gasteiger partial charge is 0.387 e. The molecule has 0 N–H and O–H groups in total. The first kappa shape index (κ1) is 16.7. The van der Waals surface area contributed by atoms with Crippen LogP contribution in [0.3, 0.4) is 0 Å². The fraction of sp³-hybridized carbons (Fsp3) is 0.200. The summed E-state index contributed by atoms with van der Waals surface area (Å²) in [6.45, 7) is 1.44. The number of halogens is 2. The van der Waals surface area contributed by atoms with E-state index in [1.807, 2.05) is 12.1 Å². The van der Waals surface area contributed by atoms with E-state index in [4.69, 9.17) is 0 Å². The number of hydrogen-bond donors (Lipinski definition) is 0. The molecule has 0 aliphatic rings. The van der Waals surface area contributed by atoms with Crippen molar-refractivity contribution in [1.29, 1.82) is 0 Å². The van der Waals surface area contributed by atoms with Gasteiger partial charge in [-0.25, -0.2) is 0 Å². The van der Waals surface area contributed by atoms with Gasteiger partial charge in [0.25, 0.3) is 0 Å². The first-order chi connectivity index (χ1) is 11.5. The molecule has 0 aliphatic carbocycles. The van der Waals surface area contributed by atoms with Gasteiger partial charge in [0.1, 0.15) is 5.75 Å².